The molecule has 0 unspecified atom stereocenters. The van der Waals surface area contributed by atoms with Crippen LogP contribution in [-0.4, -0.2) is 37.0 Å². The quantitative estimate of drug-likeness (QED) is 0.920. The zero-order valence-electron chi connectivity index (χ0n) is 10.6. The van der Waals surface area contributed by atoms with Crippen LogP contribution in [0.5, 0.6) is 0 Å². The summed E-state index contributed by atoms with van der Waals surface area (Å²) in [6, 6.07) is 5.29. The van der Waals surface area contributed by atoms with E-state index in [1.165, 1.54) is 15.6 Å². The molecular weight excluding hydrogens is 318 g/mol. The van der Waals surface area contributed by atoms with Gasteiger partial charge in [-0.25, -0.2) is 8.42 Å². The fourth-order valence-corrected chi connectivity index (χ4v) is 5.49. The summed E-state index contributed by atoms with van der Waals surface area (Å²) in [4.78, 5) is 0.316. The van der Waals surface area contributed by atoms with Gasteiger partial charge >= 0.3 is 0 Å². The molecule has 1 aromatic carbocycles. The molecule has 0 atom stereocenters. The van der Waals surface area contributed by atoms with Gasteiger partial charge in [0, 0.05) is 33.6 Å². The number of fused-ring (bicyclic) bond motifs is 1. The third-order valence-electron chi connectivity index (χ3n) is 3.54. The summed E-state index contributed by atoms with van der Waals surface area (Å²) in [6.07, 6.45) is 0.583. The molecule has 20 heavy (non-hydrogen) atoms. The molecule has 4 nitrogen and oxygen atoms in total. The van der Waals surface area contributed by atoms with Crippen molar-refractivity contribution >= 4 is 43.0 Å². The van der Waals surface area contributed by atoms with Crippen LogP contribution < -0.4 is 0 Å². The third kappa shape index (κ3) is 2.46. The van der Waals surface area contributed by atoms with Gasteiger partial charge in [-0.2, -0.15) is 4.31 Å². The zero-order chi connectivity index (χ0) is 14.3. The highest BCUT2D eigenvalue weighted by Crippen LogP contribution is 2.34. The lowest BCUT2D eigenvalue weighted by atomic mass is 10.1. The van der Waals surface area contributed by atoms with Gasteiger partial charge in [0.1, 0.15) is 4.90 Å². The van der Waals surface area contributed by atoms with E-state index in [-0.39, 0.29) is 0 Å². The summed E-state index contributed by atoms with van der Waals surface area (Å²) in [5.41, 5.74) is 0. The molecule has 1 N–H and O–H groups in total. The minimum Gasteiger partial charge on any atom is -0.393 e. The van der Waals surface area contributed by atoms with E-state index in [0.717, 1.165) is 4.70 Å². The molecule has 2 aromatic rings. The minimum absolute atomic E-state index is 0.316. The number of halogens is 1. The van der Waals surface area contributed by atoms with Crippen molar-refractivity contribution < 1.29 is 13.5 Å². The van der Waals surface area contributed by atoms with E-state index in [1.54, 1.807) is 17.5 Å². The number of thiophene rings is 1. The molecule has 0 radical (unpaired) electrons. The summed E-state index contributed by atoms with van der Waals surface area (Å²) < 4.78 is 27.7. The second-order valence-electron chi connectivity index (χ2n) is 4.88. The lowest BCUT2D eigenvalue weighted by Crippen LogP contribution is -2.39. The van der Waals surface area contributed by atoms with E-state index in [4.69, 9.17) is 11.6 Å². The first-order valence-electron chi connectivity index (χ1n) is 6.33. The maximum atomic E-state index is 12.7. The Hall–Kier alpha value is -0.660. The van der Waals surface area contributed by atoms with Crippen molar-refractivity contribution in [1.29, 1.82) is 0 Å². The van der Waals surface area contributed by atoms with Gasteiger partial charge in [0.05, 0.1) is 6.10 Å². The average molecular weight is 332 g/mol. The average Bonchev–Trinajstić information content (AvgIpc) is 2.82. The summed E-state index contributed by atoms with van der Waals surface area (Å²) in [7, 11) is -3.51. The lowest BCUT2D eigenvalue weighted by Gasteiger charge is -2.28. The van der Waals surface area contributed by atoms with Crippen molar-refractivity contribution in [3.63, 3.8) is 0 Å². The first-order valence-corrected chi connectivity index (χ1v) is 9.03. The fourth-order valence-electron chi connectivity index (χ4n) is 2.40. The van der Waals surface area contributed by atoms with Crippen LogP contribution in [0.25, 0.3) is 10.1 Å². The Bertz CT molecular complexity index is 733. The number of hydrogen-bond donors (Lipinski definition) is 1. The fraction of sp³-hybridized carbons (Fsp3) is 0.385. The molecule has 2 heterocycles. The molecule has 108 valence electrons. The highest BCUT2D eigenvalue weighted by atomic mass is 35.5. The van der Waals surface area contributed by atoms with Crippen molar-refractivity contribution in [1.82, 2.24) is 4.31 Å². The Morgan fingerprint density at radius 3 is 2.70 bits per heavy atom. The smallest absolute Gasteiger partial charge is 0.244 e. The zero-order valence-corrected chi connectivity index (χ0v) is 13.0. The molecule has 3 rings (SSSR count). The Kier molecular flexibility index (Phi) is 3.77. The molecule has 0 saturated carbocycles. The topological polar surface area (TPSA) is 57.6 Å². The molecule has 0 bridgehead atoms. The number of benzene rings is 1. The second kappa shape index (κ2) is 5.27. The molecule has 1 fully saturated rings. The van der Waals surface area contributed by atoms with Crippen molar-refractivity contribution in [2.45, 2.75) is 23.8 Å². The van der Waals surface area contributed by atoms with Gasteiger partial charge in [0.25, 0.3) is 0 Å². The Labute approximate surface area is 126 Å². The highest BCUT2D eigenvalue weighted by molar-refractivity contribution is 7.89. The molecule has 1 saturated heterocycles. The predicted octanol–water partition coefficient (Wildman–Crippen LogP) is 2.70. The number of piperidine rings is 1. The molecule has 0 aliphatic carbocycles. The van der Waals surface area contributed by atoms with Crippen LogP contribution in [0.2, 0.25) is 5.02 Å². The van der Waals surface area contributed by atoms with Gasteiger partial charge in [0.2, 0.25) is 10.0 Å². The number of hydrogen-bond acceptors (Lipinski definition) is 4. The maximum absolute atomic E-state index is 12.7. The van der Waals surface area contributed by atoms with E-state index < -0.39 is 16.1 Å². The Morgan fingerprint density at radius 1 is 1.30 bits per heavy atom. The van der Waals surface area contributed by atoms with Crippen LogP contribution in [0.3, 0.4) is 0 Å². The summed E-state index contributed by atoms with van der Waals surface area (Å²) in [6.45, 7) is 0.725. The summed E-state index contributed by atoms with van der Waals surface area (Å²) in [5.74, 6) is 0. The maximum Gasteiger partial charge on any atom is 0.244 e. The van der Waals surface area contributed by atoms with Crippen LogP contribution in [0, 0.1) is 0 Å². The van der Waals surface area contributed by atoms with E-state index in [2.05, 4.69) is 0 Å². The SMILES string of the molecule is O=S(=O)(c1csc2ccc(Cl)cc12)N1CCC(O)CC1. The molecule has 1 aromatic heterocycles. The first-order chi connectivity index (χ1) is 9.48. The Balaban J connectivity index is 2.03. The standard InChI is InChI=1S/C13H14ClNO3S2/c14-9-1-2-12-11(7-9)13(8-19-12)20(17,18)15-5-3-10(16)4-6-15/h1-2,7-8,10,16H,3-6H2. The van der Waals surface area contributed by atoms with Crippen molar-refractivity contribution in [2.75, 3.05) is 13.1 Å². The van der Waals surface area contributed by atoms with E-state index in [9.17, 15) is 13.5 Å². The largest absolute Gasteiger partial charge is 0.393 e. The summed E-state index contributed by atoms with van der Waals surface area (Å²) in [5, 5.41) is 12.4. The molecule has 0 spiro atoms. The summed E-state index contributed by atoms with van der Waals surface area (Å²) >= 11 is 7.37. The first kappa shape index (κ1) is 14.3. The Morgan fingerprint density at radius 2 is 2.00 bits per heavy atom. The van der Waals surface area contributed by atoms with Crippen LogP contribution >= 0.6 is 22.9 Å². The number of nitrogens with zero attached hydrogens (tertiary/aromatic N) is 1. The normalized spacial score (nSPS) is 18.7. The molecule has 7 heteroatoms. The van der Waals surface area contributed by atoms with Gasteiger partial charge in [-0.05, 0) is 31.0 Å². The van der Waals surface area contributed by atoms with Crippen LogP contribution in [0.1, 0.15) is 12.8 Å². The van der Waals surface area contributed by atoms with E-state index >= 15 is 0 Å². The van der Waals surface area contributed by atoms with E-state index in [0.29, 0.717) is 41.2 Å². The van der Waals surface area contributed by atoms with Crippen molar-refractivity contribution in [3.05, 3.63) is 28.6 Å². The third-order valence-corrected chi connectivity index (χ3v) is 6.83. The number of rotatable bonds is 2. The van der Waals surface area contributed by atoms with Gasteiger partial charge in [-0.3, -0.25) is 0 Å². The number of aliphatic hydroxyl groups is 1. The predicted molar refractivity (Wildman–Crippen MR) is 80.8 cm³/mol. The molecule has 1 aliphatic rings. The second-order valence-corrected chi connectivity index (χ2v) is 8.13. The van der Waals surface area contributed by atoms with Gasteiger partial charge in [0.15, 0.2) is 0 Å². The molecule has 0 amide bonds. The van der Waals surface area contributed by atoms with Gasteiger partial charge in [-0.15, -0.1) is 11.3 Å². The van der Waals surface area contributed by atoms with Crippen molar-refractivity contribution in [2.24, 2.45) is 0 Å². The van der Waals surface area contributed by atoms with E-state index in [1.807, 2.05) is 6.07 Å². The van der Waals surface area contributed by atoms with Gasteiger partial charge < -0.3 is 5.11 Å². The number of sulfonamides is 1. The lowest BCUT2D eigenvalue weighted by molar-refractivity contribution is 0.113. The highest BCUT2D eigenvalue weighted by Gasteiger charge is 2.30. The van der Waals surface area contributed by atoms with Crippen LogP contribution in [0.4, 0.5) is 0 Å². The van der Waals surface area contributed by atoms with Crippen molar-refractivity contribution in [3.8, 4) is 0 Å². The number of aliphatic hydroxyl groups excluding tert-OH is 1. The van der Waals surface area contributed by atoms with Crippen LogP contribution in [0.15, 0.2) is 28.5 Å². The monoisotopic (exact) mass is 331 g/mol. The van der Waals surface area contributed by atoms with Gasteiger partial charge in [-0.1, -0.05) is 11.6 Å². The molecular formula is C13H14ClNO3S2. The van der Waals surface area contributed by atoms with Crippen LogP contribution in [-0.2, 0) is 10.0 Å². The minimum atomic E-state index is -3.51. The molecule has 1 aliphatic heterocycles.